The first-order chi connectivity index (χ1) is 26.5. The summed E-state index contributed by atoms with van der Waals surface area (Å²) in [6.45, 7) is 4.79. The van der Waals surface area contributed by atoms with Crippen molar-refractivity contribution in [3.8, 4) is 56.4 Å². The van der Waals surface area contributed by atoms with Crippen molar-refractivity contribution in [1.29, 1.82) is 0 Å². The molecule has 2 aliphatic rings. The van der Waals surface area contributed by atoms with Crippen molar-refractivity contribution in [2.24, 2.45) is 0 Å². The number of hydrogen-bond donors (Lipinski definition) is 0. The molecule has 0 N–H and O–H groups in total. The van der Waals surface area contributed by atoms with E-state index in [1.165, 1.54) is 50.1 Å². The molecule has 0 radical (unpaired) electrons. The molecule has 4 heteroatoms. The van der Waals surface area contributed by atoms with E-state index >= 15 is 0 Å². The molecule has 11 rings (SSSR count). The molecule has 1 atom stereocenters. The van der Waals surface area contributed by atoms with Gasteiger partial charge in [-0.25, -0.2) is 15.0 Å². The minimum Gasteiger partial charge on any atom is -0.455 e. The average molecular weight is 694 g/mol. The van der Waals surface area contributed by atoms with Gasteiger partial charge < -0.3 is 4.42 Å². The Hall–Kier alpha value is -6.65. The number of rotatable bonds is 4. The normalized spacial score (nSPS) is 15.1. The first-order valence-corrected chi connectivity index (χ1v) is 18.7. The smallest absolute Gasteiger partial charge is 0.167 e. The van der Waals surface area contributed by atoms with E-state index in [1.807, 2.05) is 60.7 Å². The van der Waals surface area contributed by atoms with Crippen LogP contribution < -0.4 is 0 Å². The standard InChI is InChI=1S/C50H35N3O/c1-50(2)43-23-12-11-20-36(43)37-26-25-35-33-18-9-10-19-34(33)40(29-42(35)45(37)50)32-24-27-44-41(28-32)38-21-13-22-39(46(38)54-44)49-52-47(30-14-5-3-6-15-30)51-48(53-49)31-16-7-4-8-17-31/h3-28,40H,29H2,1-2H3. The minimum atomic E-state index is -0.0784. The molecule has 0 spiro atoms. The molecule has 4 nitrogen and oxygen atoms in total. The Morgan fingerprint density at radius 3 is 1.91 bits per heavy atom. The fourth-order valence-electron chi connectivity index (χ4n) is 9.24. The van der Waals surface area contributed by atoms with Crippen LogP contribution in [0, 0.1) is 0 Å². The monoisotopic (exact) mass is 693 g/mol. The maximum Gasteiger partial charge on any atom is 0.167 e. The van der Waals surface area contributed by atoms with Gasteiger partial charge in [0.2, 0.25) is 0 Å². The molecule has 1 unspecified atom stereocenters. The highest BCUT2D eigenvalue weighted by molar-refractivity contribution is 6.09. The lowest BCUT2D eigenvalue weighted by molar-refractivity contribution is 0.643. The topological polar surface area (TPSA) is 51.8 Å². The van der Waals surface area contributed by atoms with Crippen LogP contribution in [0.15, 0.2) is 162 Å². The Labute approximate surface area is 313 Å². The summed E-state index contributed by atoms with van der Waals surface area (Å²) >= 11 is 0. The van der Waals surface area contributed by atoms with Crippen LogP contribution in [0.1, 0.15) is 47.6 Å². The van der Waals surface area contributed by atoms with Crippen LogP contribution in [-0.2, 0) is 11.8 Å². The van der Waals surface area contributed by atoms with Crippen LogP contribution >= 0.6 is 0 Å². The van der Waals surface area contributed by atoms with Gasteiger partial charge in [-0.3, -0.25) is 0 Å². The summed E-state index contributed by atoms with van der Waals surface area (Å²) in [6.07, 6.45) is 0.939. The zero-order valence-corrected chi connectivity index (χ0v) is 30.0. The van der Waals surface area contributed by atoms with Crippen molar-refractivity contribution in [1.82, 2.24) is 15.0 Å². The minimum absolute atomic E-state index is 0.0784. The second-order valence-electron chi connectivity index (χ2n) is 15.1. The molecule has 2 heterocycles. The lowest BCUT2D eigenvalue weighted by Gasteiger charge is -2.33. The van der Waals surface area contributed by atoms with E-state index in [0.29, 0.717) is 17.5 Å². The van der Waals surface area contributed by atoms with Crippen LogP contribution in [0.5, 0.6) is 0 Å². The molecular weight excluding hydrogens is 659 g/mol. The molecule has 0 saturated carbocycles. The van der Waals surface area contributed by atoms with Crippen LogP contribution in [0.2, 0.25) is 0 Å². The van der Waals surface area contributed by atoms with Gasteiger partial charge in [0.25, 0.3) is 0 Å². The summed E-state index contributed by atoms with van der Waals surface area (Å²) in [5.74, 6) is 2.04. The van der Waals surface area contributed by atoms with Crippen molar-refractivity contribution in [3.63, 3.8) is 0 Å². The number of hydrogen-bond acceptors (Lipinski definition) is 4. The number of fused-ring (bicyclic) bond motifs is 10. The predicted octanol–water partition coefficient (Wildman–Crippen LogP) is 12.4. The van der Waals surface area contributed by atoms with E-state index in [2.05, 4.69) is 111 Å². The fourth-order valence-corrected chi connectivity index (χ4v) is 9.24. The third-order valence-electron chi connectivity index (χ3n) is 11.7. The number of aromatic nitrogens is 3. The lowest BCUT2D eigenvalue weighted by atomic mass is 9.70. The molecule has 0 amide bonds. The van der Waals surface area contributed by atoms with Crippen LogP contribution in [0.3, 0.4) is 0 Å². The van der Waals surface area contributed by atoms with Crippen LogP contribution in [0.4, 0.5) is 0 Å². The van der Waals surface area contributed by atoms with Gasteiger partial charge in [-0.2, -0.15) is 0 Å². The maximum absolute atomic E-state index is 6.72. The molecule has 256 valence electrons. The molecule has 7 aromatic carbocycles. The lowest BCUT2D eigenvalue weighted by Crippen LogP contribution is -2.21. The second kappa shape index (κ2) is 11.7. The maximum atomic E-state index is 6.72. The van der Waals surface area contributed by atoms with Gasteiger partial charge in [-0.15, -0.1) is 0 Å². The first-order valence-electron chi connectivity index (χ1n) is 18.7. The summed E-state index contributed by atoms with van der Waals surface area (Å²) in [6, 6.07) is 55.9. The molecule has 0 aliphatic heterocycles. The Bertz CT molecular complexity index is 2890. The fraction of sp³-hybridized carbons (Fsp3) is 0.100. The van der Waals surface area contributed by atoms with E-state index in [9.17, 15) is 0 Å². The summed E-state index contributed by atoms with van der Waals surface area (Å²) in [7, 11) is 0. The molecule has 54 heavy (non-hydrogen) atoms. The van der Waals surface area contributed by atoms with Gasteiger partial charge in [0, 0.05) is 33.2 Å². The Morgan fingerprint density at radius 1 is 0.519 bits per heavy atom. The van der Waals surface area contributed by atoms with E-state index in [4.69, 9.17) is 19.4 Å². The highest BCUT2D eigenvalue weighted by atomic mass is 16.3. The van der Waals surface area contributed by atoms with Crippen LogP contribution in [0.25, 0.3) is 78.4 Å². The highest BCUT2D eigenvalue weighted by Crippen LogP contribution is 2.55. The zero-order chi connectivity index (χ0) is 36.0. The van der Waals surface area contributed by atoms with Crippen molar-refractivity contribution in [2.75, 3.05) is 0 Å². The average Bonchev–Trinajstić information content (AvgIpc) is 3.72. The third kappa shape index (κ3) is 4.59. The largest absolute Gasteiger partial charge is 0.455 e. The predicted molar refractivity (Wildman–Crippen MR) is 218 cm³/mol. The Morgan fingerprint density at radius 2 is 1.15 bits per heavy atom. The molecule has 0 fully saturated rings. The highest BCUT2D eigenvalue weighted by Gasteiger charge is 2.40. The number of nitrogens with zero attached hydrogens (tertiary/aromatic N) is 3. The Balaban J connectivity index is 1.06. The van der Waals surface area contributed by atoms with Gasteiger partial charge in [-0.05, 0) is 74.7 Å². The molecule has 2 aliphatic carbocycles. The van der Waals surface area contributed by atoms with Gasteiger partial charge in [0.1, 0.15) is 11.2 Å². The summed E-state index contributed by atoms with van der Waals surface area (Å²) in [4.78, 5) is 15.0. The SMILES string of the molecule is CC1(C)c2ccccc2-c2ccc3c(c21)CC(c1ccc2oc4c(-c5nc(-c6ccccc6)nc(-c6ccccc6)n5)cccc4c2c1)c1ccccc1-3. The van der Waals surface area contributed by atoms with Crippen molar-refractivity contribution in [3.05, 3.63) is 186 Å². The van der Waals surface area contributed by atoms with Gasteiger partial charge in [0.15, 0.2) is 17.5 Å². The molecule has 0 bridgehead atoms. The van der Waals surface area contributed by atoms with Crippen molar-refractivity contribution < 1.29 is 4.42 Å². The van der Waals surface area contributed by atoms with E-state index in [-0.39, 0.29) is 11.3 Å². The zero-order valence-electron chi connectivity index (χ0n) is 30.0. The second-order valence-corrected chi connectivity index (χ2v) is 15.1. The Kier molecular flexibility index (Phi) is 6.69. The van der Waals surface area contributed by atoms with E-state index in [0.717, 1.165) is 45.0 Å². The van der Waals surface area contributed by atoms with Gasteiger partial charge >= 0.3 is 0 Å². The summed E-state index contributed by atoms with van der Waals surface area (Å²) in [5, 5.41) is 2.15. The summed E-state index contributed by atoms with van der Waals surface area (Å²) < 4.78 is 6.72. The van der Waals surface area contributed by atoms with Crippen LogP contribution in [-0.4, -0.2) is 15.0 Å². The number of furan rings is 1. The number of benzene rings is 7. The van der Waals surface area contributed by atoms with E-state index < -0.39 is 0 Å². The first kappa shape index (κ1) is 30.9. The van der Waals surface area contributed by atoms with E-state index in [1.54, 1.807) is 0 Å². The molecule has 9 aromatic rings. The van der Waals surface area contributed by atoms with Crippen molar-refractivity contribution >= 4 is 21.9 Å². The van der Waals surface area contributed by atoms with Crippen molar-refractivity contribution in [2.45, 2.75) is 31.6 Å². The number of para-hydroxylation sites is 1. The quantitative estimate of drug-likeness (QED) is 0.184. The molecule has 0 saturated heterocycles. The molecular formula is C50H35N3O. The third-order valence-corrected chi connectivity index (χ3v) is 11.7. The molecule has 2 aromatic heterocycles. The summed E-state index contributed by atoms with van der Waals surface area (Å²) in [5.41, 5.74) is 16.7. The van der Waals surface area contributed by atoms with Gasteiger partial charge in [0.05, 0.1) is 5.56 Å². The van der Waals surface area contributed by atoms with Gasteiger partial charge in [-0.1, -0.05) is 153 Å².